The van der Waals surface area contributed by atoms with E-state index in [1.54, 1.807) is 25.3 Å². The second kappa shape index (κ2) is 7.38. The summed E-state index contributed by atoms with van der Waals surface area (Å²) in [5.74, 6) is -0.0162. The third kappa shape index (κ3) is 4.41. The Morgan fingerprint density at radius 2 is 2.10 bits per heavy atom. The predicted octanol–water partition coefficient (Wildman–Crippen LogP) is 3.49. The van der Waals surface area contributed by atoms with Gasteiger partial charge in [-0.25, -0.2) is 0 Å². The van der Waals surface area contributed by atoms with Crippen LogP contribution in [0.3, 0.4) is 0 Å². The van der Waals surface area contributed by atoms with E-state index in [0.717, 1.165) is 4.88 Å². The summed E-state index contributed by atoms with van der Waals surface area (Å²) in [4.78, 5) is 24.5. The normalized spacial score (nSPS) is 10.2. The first-order valence-corrected chi connectivity index (χ1v) is 7.82. The van der Waals surface area contributed by atoms with E-state index < -0.39 is 5.97 Å². The minimum absolute atomic E-state index is 0.192. The lowest BCUT2D eigenvalue weighted by Crippen LogP contribution is -2.15. The van der Waals surface area contributed by atoms with Crippen molar-refractivity contribution in [1.29, 1.82) is 0 Å². The largest absolute Gasteiger partial charge is 0.496 e. The Balaban J connectivity index is 1.89. The minimum Gasteiger partial charge on any atom is -0.496 e. The minimum atomic E-state index is -0.404. The number of ketones is 1. The van der Waals surface area contributed by atoms with Gasteiger partial charge in [-0.2, -0.15) is 0 Å². The summed E-state index contributed by atoms with van der Waals surface area (Å²) >= 11 is 4.79. The van der Waals surface area contributed by atoms with Crippen molar-refractivity contribution in [2.75, 3.05) is 13.7 Å². The number of rotatable bonds is 6. The van der Waals surface area contributed by atoms with Gasteiger partial charge < -0.3 is 9.47 Å². The molecule has 0 unspecified atom stereocenters. The molecule has 0 saturated heterocycles. The van der Waals surface area contributed by atoms with Gasteiger partial charge in [-0.05, 0) is 45.6 Å². The SMILES string of the molecule is COc1ccc(C(=O)COC(=O)Cc2cccs2)cc1Br. The fourth-order valence-corrected chi connectivity index (χ4v) is 2.91. The highest BCUT2D eigenvalue weighted by molar-refractivity contribution is 9.10. The quantitative estimate of drug-likeness (QED) is 0.578. The molecule has 0 aliphatic rings. The van der Waals surface area contributed by atoms with Crippen LogP contribution in [0.1, 0.15) is 15.2 Å². The van der Waals surface area contributed by atoms with Crippen molar-refractivity contribution in [2.45, 2.75) is 6.42 Å². The molecule has 0 radical (unpaired) electrons. The second-order valence-corrected chi connectivity index (χ2v) is 6.08. The number of methoxy groups -OCH3 is 1. The molecule has 0 N–H and O–H groups in total. The van der Waals surface area contributed by atoms with Crippen LogP contribution in [0.15, 0.2) is 40.2 Å². The smallest absolute Gasteiger partial charge is 0.311 e. The predicted molar refractivity (Wildman–Crippen MR) is 84.0 cm³/mol. The molecule has 0 fully saturated rings. The van der Waals surface area contributed by atoms with Gasteiger partial charge in [0.2, 0.25) is 0 Å². The van der Waals surface area contributed by atoms with Gasteiger partial charge in [0.25, 0.3) is 0 Å². The topological polar surface area (TPSA) is 52.6 Å². The number of esters is 1. The Morgan fingerprint density at radius 3 is 2.71 bits per heavy atom. The summed E-state index contributed by atoms with van der Waals surface area (Å²) in [5, 5.41) is 1.89. The molecular weight excluding hydrogens is 356 g/mol. The van der Waals surface area contributed by atoms with E-state index in [-0.39, 0.29) is 18.8 Å². The van der Waals surface area contributed by atoms with Crippen molar-refractivity contribution in [3.05, 3.63) is 50.6 Å². The highest BCUT2D eigenvalue weighted by Crippen LogP contribution is 2.25. The number of carbonyl (C=O) groups is 2. The van der Waals surface area contributed by atoms with Gasteiger partial charge in [0, 0.05) is 10.4 Å². The van der Waals surface area contributed by atoms with Gasteiger partial charge in [0.1, 0.15) is 5.75 Å². The lowest BCUT2D eigenvalue weighted by molar-refractivity contribution is -0.141. The molecule has 6 heteroatoms. The number of hydrogen-bond donors (Lipinski definition) is 0. The van der Waals surface area contributed by atoms with E-state index in [1.165, 1.54) is 11.3 Å². The van der Waals surface area contributed by atoms with Crippen molar-refractivity contribution < 1.29 is 19.1 Å². The molecule has 0 atom stereocenters. The van der Waals surface area contributed by atoms with Crippen molar-refractivity contribution in [3.8, 4) is 5.75 Å². The maximum Gasteiger partial charge on any atom is 0.311 e. The molecule has 1 aromatic heterocycles. The first kappa shape index (κ1) is 15.7. The molecule has 0 aliphatic carbocycles. The van der Waals surface area contributed by atoms with Crippen LogP contribution >= 0.6 is 27.3 Å². The van der Waals surface area contributed by atoms with Crippen molar-refractivity contribution in [1.82, 2.24) is 0 Å². The average molecular weight is 369 g/mol. The molecular formula is C15H13BrO4S. The van der Waals surface area contributed by atoms with E-state index in [1.807, 2.05) is 17.5 Å². The molecule has 2 rings (SSSR count). The van der Waals surface area contributed by atoms with Crippen LogP contribution in [0.5, 0.6) is 5.75 Å². The van der Waals surface area contributed by atoms with Gasteiger partial charge in [0.05, 0.1) is 18.0 Å². The summed E-state index contributed by atoms with van der Waals surface area (Å²) in [7, 11) is 1.55. The van der Waals surface area contributed by atoms with Gasteiger partial charge in [-0.1, -0.05) is 6.07 Å². The number of carbonyl (C=O) groups excluding carboxylic acids is 2. The van der Waals surface area contributed by atoms with E-state index in [4.69, 9.17) is 9.47 Å². The Hall–Kier alpha value is -1.66. The molecule has 21 heavy (non-hydrogen) atoms. The average Bonchev–Trinajstić information content (AvgIpc) is 2.97. The lowest BCUT2D eigenvalue weighted by Gasteiger charge is -2.06. The fourth-order valence-electron chi connectivity index (χ4n) is 1.68. The zero-order valence-corrected chi connectivity index (χ0v) is 13.7. The monoisotopic (exact) mass is 368 g/mol. The van der Waals surface area contributed by atoms with E-state index in [9.17, 15) is 9.59 Å². The molecule has 0 saturated carbocycles. The molecule has 2 aromatic rings. The van der Waals surface area contributed by atoms with Crippen molar-refractivity contribution in [2.24, 2.45) is 0 Å². The van der Waals surface area contributed by atoms with E-state index in [0.29, 0.717) is 15.8 Å². The number of Topliss-reactive ketones (excluding diaryl/α,β-unsaturated/α-hetero) is 1. The van der Waals surface area contributed by atoms with Crippen molar-refractivity contribution >= 4 is 39.0 Å². The number of benzene rings is 1. The van der Waals surface area contributed by atoms with Gasteiger partial charge in [0.15, 0.2) is 12.4 Å². The Kier molecular flexibility index (Phi) is 5.52. The molecule has 4 nitrogen and oxygen atoms in total. The maximum absolute atomic E-state index is 12.0. The molecule has 0 bridgehead atoms. The highest BCUT2D eigenvalue weighted by atomic mass is 79.9. The summed E-state index contributed by atoms with van der Waals surface area (Å²) in [5.41, 5.74) is 0.464. The first-order chi connectivity index (χ1) is 10.1. The Labute approximate surface area is 134 Å². The summed E-state index contributed by atoms with van der Waals surface area (Å²) in [6, 6.07) is 8.69. The summed E-state index contributed by atoms with van der Waals surface area (Å²) in [6.45, 7) is -0.261. The zero-order chi connectivity index (χ0) is 15.2. The summed E-state index contributed by atoms with van der Waals surface area (Å²) in [6.07, 6.45) is 0.192. The highest BCUT2D eigenvalue weighted by Gasteiger charge is 2.12. The molecule has 1 aromatic carbocycles. The van der Waals surface area contributed by atoms with E-state index >= 15 is 0 Å². The van der Waals surface area contributed by atoms with E-state index in [2.05, 4.69) is 15.9 Å². The van der Waals surface area contributed by atoms with Crippen LogP contribution in [0, 0.1) is 0 Å². The molecule has 0 aliphatic heterocycles. The number of ether oxygens (including phenoxy) is 2. The number of hydrogen-bond acceptors (Lipinski definition) is 5. The van der Waals surface area contributed by atoms with Crippen LogP contribution in [0.25, 0.3) is 0 Å². The van der Waals surface area contributed by atoms with Crippen LogP contribution in [0.2, 0.25) is 0 Å². The van der Waals surface area contributed by atoms with Crippen LogP contribution in [0.4, 0.5) is 0 Å². The van der Waals surface area contributed by atoms with Gasteiger partial charge in [-0.3, -0.25) is 9.59 Å². The fraction of sp³-hybridized carbons (Fsp3) is 0.200. The van der Waals surface area contributed by atoms with Crippen LogP contribution in [-0.2, 0) is 16.0 Å². The zero-order valence-electron chi connectivity index (χ0n) is 11.3. The Bertz CT molecular complexity index is 637. The summed E-state index contributed by atoms with van der Waals surface area (Å²) < 4.78 is 10.8. The van der Waals surface area contributed by atoms with Crippen molar-refractivity contribution in [3.63, 3.8) is 0 Å². The first-order valence-electron chi connectivity index (χ1n) is 6.15. The molecule has 0 amide bonds. The van der Waals surface area contributed by atoms with Gasteiger partial charge in [-0.15, -0.1) is 11.3 Å². The van der Waals surface area contributed by atoms with Crippen LogP contribution in [-0.4, -0.2) is 25.5 Å². The lowest BCUT2D eigenvalue weighted by atomic mass is 10.1. The standard InChI is InChI=1S/C15H13BrO4S/c1-19-14-5-4-10(7-12(14)16)13(17)9-20-15(18)8-11-3-2-6-21-11/h2-7H,8-9H2,1H3. The Morgan fingerprint density at radius 1 is 1.29 bits per heavy atom. The molecule has 110 valence electrons. The number of thiophene rings is 1. The second-order valence-electron chi connectivity index (χ2n) is 4.19. The molecule has 0 spiro atoms. The van der Waals surface area contributed by atoms with Gasteiger partial charge >= 0.3 is 5.97 Å². The molecule has 1 heterocycles. The number of halogens is 1. The van der Waals surface area contributed by atoms with Crippen LogP contribution < -0.4 is 4.74 Å². The maximum atomic E-state index is 12.0. The third-order valence-electron chi connectivity index (χ3n) is 2.74. The third-order valence-corrected chi connectivity index (χ3v) is 4.23.